The summed E-state index contributed by atoms with van der Waals surface area (Å²) < 4.78 is 5.26. The second-order valence-electron chi connectivity index (χ2n) is 3.26. The monoisotopic (exact) mass is 229 g/mol. The van der Waals surface area contributed by atoms with Crippen molar-refractivity contribution in [3.8, 4) is 0 Å². The Kier molecular flexibility index (Phi) is 4.23. The fourth-order valence-electron chi connectivity index (χ4n) is 1.33. The number of thiazole rings is 1. The van der Waals surface area contributed by atoms with Crippen molar-refractivity contribution in [3.63, 3.8) is 0 Å². The number of nitrogens with zero attached hydrogens (tertiary/aromatic N) is 1. The molecule has 0 bridgehead atoms. The summed E-state index contributed by atoms with van der Waals surface area (Å²) in [6.07, 6.45) is 0.871. The van der Waals surface area contributed by atoms with E-state index in [0.717, 1.165) is 22.0 Å². The Morgan fingerprint density at radius 3 is 2.80 bits per heavy atom. The summed E-state index contributed by atoms with van der Waals surface area (Å²) in [6, 6.07) is 0. The highest BCUT2D eigenvalue weighted by molar-refractivity contribution is 7.11. The second-order valence-corrected chi connectivity index (χ2v) is 4.38. The minimum absolute atomic E-state index is 0.0174. The van der Waals surface area contributed by atoms with E-state index in [2.05, 4.69) is 4.98 Å². The first-order valence-electron chi connectivity index (χ1n) is 4.79. The molecule has 0 saturated carbocycles. The molecule has 1 rings (SSSR count). The molecule has 0 saturated heterocycles. The highest BCUT2D eigenvalue weighted by atomic mass is 32.1. The Hall–Kier alpha value is -0.940. The molecule has 1 heterocycles. The van der Waals surface area contributed by atoms with Gasteiger partial charge in [-0.05, 0) is 13.3 Å². The van der Waals surface area contributed by atoms with Crippen LogP contribution in [0.15, 0.2) is 0 Å². The lowest BCUT2D eigenvalue weighted by atomic mass is 10.3. The SMILES string of the molecule is CCC(OC)c1nc(C)c(CC(=O)O)s1. The Morgan fingerprint density at radius 2 is 2.33 bits per heavy atom. The van der Waals surface area contributed by atoms with Crippen molar-refractivity contribution in [2.45, 2.75) is 32.8 Å². The van der Waals surface area contributed by atoms with Gasteiger partial charge in [-0.2, -0.15) is 0 Å². The lowest BCUT2D eigenvalue weighted by Crippen LogP contribution is -1.99. The number of hydrogen-bond donors (Lipinski definition) is 1. The maximum atomic E-state index is 10.6. The maximum Gasteiger partial charge on any atom is 0.308 e. The quantitative estimate of drug-likeness (QED) is 0.840. The van der Waals surface area contributed by atoms with Gasteiger partial charge in [0.05, 0.1) is 12.1 Å². The number of aliphatic carboxylic acids is 1. The highest BCUT2D eigenvalue weighted by Crippen LogP contribution is 2.27. The first-order valence-corrected chi connectivity index (χ1v) is 5.60. The van der Waals surface area contributed by atoms with Crippen molar-refractivity contribution < 1.29 is 14.6 Å². The normalized spacial score (nSPS) is 12.7. The van der Waals surface area contributed by atoms with E-state index in [1.165, 1.54) is 11.3 Å². The molecule has 0 aliphatic heterocycles. The average Bonchev–Trinajstić information content (AvgIpc) is 2.49. The lowest BCUT2D eigenvalue weighted by molar-refractivity contribution is -0.136. The van der Waals surface area contributed by atoms with Gasteiger partial charge in [0.25, 0.3) is 0 Å². The molecule has 0 fully saturated rings. The van der Waals surface area contributed by atoms with Crippen molar-refractivity contribution in [2.24, 2.45) is 0 Å². The van der Waals surface area contributed by atoms with Gasteiger partial charge in [-0.25, -0.2) is 4.98 Å². The van der Waals surface area contributed by atoms with Crippen molar-refractivity contribution in [2.75, 3.05) is 7.11 Å². The van der Waals surface area contributed by atoms with Gasteiger partial charge in [0.15, 0.2) is 0 Å². The molecule has 1 aromatic rings. The second kappa shape index (κ2) is 5.23. The molecule has 1 atom stereocenters. The molecule has 84 valence electrons. The molecule has 0 aromatic carbocycles. The molecule has 5 heteroatoms. The van der Waals surface area contributed by atoms with Crippen LogP contribution < -0.4 is 0 Å². The number of aromatic nitrogens is 1. The summed E-state index contributed by atoms with van der Waals surface area (Å²) >= 11 is 1.43. The van der Waals surface area contributed by atoms with E-state index in [0.29, 0.717) is 0 Å². The molecule has 1 unspecified atom stereocenters. The van der Waals surface area contributed by atoms with E-state index in [1.807, 2.05) is 13.8 Å². The zero-order chi connectivity index (χ0) is 11.4. The first-order chi connectivity index (χ1) is 7.08. The summed E-state index contributed by atoms with van der Waals surface area (Å²) in [4.78, 5) is 15.7. The van der Waals surface area contributed by atoms with Gasteiger partial charge >= 0.3 is 5.97 Å². The molecule has 0 aliphatic carbocycles. The Morgan fingerprint density at radius 1 is 1.67 bits per heavy atom. The van der Waals surface area contributed by atoms with Gasteiger partial charge in [-0.3, -0.25) is 4.79 Å². The van der Waals surface area contributed by atoms with Crippen LogP contribution in [0.25, 0.3) is 0 Å². The van der Waals surface area contributed by atoms with E-state index in [9.17, 15) is 4.79 Å². The van der Waals surface area contributed by atoms with Crippen LogP contribution in [0.5, 0.6) is 0 Å². The number of carboxylic acids is 1. The van der Waals surface area contributed by atoms with E-state index in [4.69, 9.17) is 9.84 Å². The minimum atomic E-state index is -0.821. The molecule has 0 radical (unpaired) electrons. The van der Waals surface area contributed by atoms with E-state index in [1.54, 1.807) is 7.11 Å². The van der Waals surface area contributed by atoms with Gasteiger partial charge in [0.2, 0.25) is 0 Å². The van der Waals surface area contributed by atoms with Crippen molar-refractivity contribution in [1.82, 2.24) is 4.98 Å². The van der Waals surface area contributed by atoms with E-state index < -0.39 is 5.97 Å². The third-order valence-corrected chi connectivity index (χ3v) is 3.40. The topological polar surface area (TPSA) is 59.4 Å². The molecule has 1 aromatic heterocycles. The maximum absolute atomic E-state index is 10.6. The Labute approximate surface area is 92.9 Å². The predicted octanol–water partition coefficient (Wildman–Crippen LogP) is 2.18. The molecule has 4 nitrogen and oxygen atoms in total. The van der Waals surface area contributed by atoms with Crippen LogP contribution in [0.4, 0.5) is 0 Å². The predicted molar refractivity (Wildman–Crippen MR) is 58.2 cm³/mol. The number of carbonyl (C=O) groups is 1. The summed E-state index contributed by atoms with van der Waals surface area (Å²) in [7, 11) is 1.64. The van der Waals surface area contributed by atoms with Crippen LogP contribution in [-0.2, 0) is 16.0 Å². The van der Waals surface area contributed by atoms with Gasteiger partial charge in [0, 0.05) is 12.0 Å². The van der Waals surface area contributed by atoms with Gasteiger partial charge in [-0.15, -0.1) is 11.3 Å². The average molecular weight is 229 g/mol. The summed E-state index contributed by atoms with van der Waals surface area (Å²) in [5.74, 6) is -0.821. The third kappa shape index (κ3) is 3.00. The standard InChI is InChI=1S/C10H15NO3S/c1-4-7(14-3)10-11-6(2)8(15-10)5-9(12)13/h7H,4-5H2,1-3H3,(H,12,13). The largest absolute Gasteiger partial charge is 0.481 e. The number of aryl methyl sites for hydroxylation is 1. The fraction of sp³-hybridized carbons (Fsp3) is 0.600. The zero-order valence-electron chi connectivity index (χ0n) is 9.11. The number of hydrogen-bond acceptors (Lipinski definition) is 4. The fourth-order valence-corrected chi connectivity index (χ4v) is 2.55. The molecular formula is C10H15NO3S. The summed E-state index contributed by atoms with van der Waals surface area (Å²) in [5.41, 5.74) is 0.799. The van der Waals surface area contributed by atoms with Crippen LogP contribution >= 0.6 is 11.3 Å². The van der Waals surface area contributed by atoms with E-state index >= 15 is 0 Å². The van der Waals surface area contributed by atoms with Gasteiger partial charge in [0.1, 0.15) is 11.1 Å². The van der Waals surface area contributed by atoms with Crippen LogP contribution in [-0.4, -0.2) is 23.2 Å². The first kappa shape index (κ1) is 12.1. The van der Waals surface area contributed by atoms with Crippen molar-refractivity contribution in [1.29, 1.82) is 0 Å². The highest BCUT2D eigenvalue weighted by Gasteiger charge is 2.16. The number of rotatable bonds is 5. The van der Waals surface area contributed by atoms with Crippen LogP contribution in [0.1, 0.15) is 35.0 Å². The van der Waals surface area contributed by atoms with Crippen LogP contribution in [0.3, 0.4) is 0 Å². The lowest BCUT2D eigenvalue weighted by Gasteiger charge is -2.08. The Balaban J connectivity index is 2.88. The summed E-state index contributed by atoms with van der Waals surface area (Å²) in [5, 5.41) is 9.57. The molecule has 15 heavy (non-hydrogen) atoms. The molecule has 0 aliphatic rings. The molecule has 0 spiro atoms. The van der Waals surface area contributed by atoms with Crippen molar-refractivity contribution >= 4 is 17.3 Å². The number of carboxylic acid groups (broad SMARTS) is 1. The number of methoxy groups -OCH3 is 1. The molecule has 0 amide bonds. The van der Waals surface area contributed by atoms with Gasteiger partial charge in [-0.1, -0.05) is 6.92 Å². The van der Waals surface area contributed by atoms with Gasteiger partial charge < -0.3 is 9.84 Å². The molecule has 1 N–H and O–H groups in total. The van der Waals surface area contributed by atoms with E-state index in [-0.39, 0.29) is 12.5 Å². The number of ether oxygens (including phenoxy) is 1. The third-order valence-electron chi connectivity index (χ3n) is 2.15. The minimum Gasteiger partial charge on any atom is -0.481 e. The van der Waals surface area contributed by atoms with Crippen LogP contribution in [0, 0.1) is 6.92 Å². The summed E-state index contributed by atoms with van der Waals surface area (Å²) in [6.45, 7) is 3.85. The molecular weight excluding hydrogens is 214 g/mol. The smallest absolute Gasteiger partial charge is 0.308 e. The van der Waals surface area contributed by atoms with Crippen molar-refractivity contribution in [3.05, 3.63) is 15.6 Å². The zero-order valence-corrected chi connectivity index (χ0v) is 9.93. The Bertz CT molecular complexity index is 344. The van der Waals surface area contributed by atoms with Crippen LogP contribution in [0.2, 0.25) is 0 Å².